The molecule has 3 atom stereocenters. The first-order valence-corrected chi connectivity index (χ1v) is 12.8. The van der Waals surface area contributed by atoms with Gasteiger partial charge in [0, 0.05) is 30.4 Å². The predicted octanol–water partition coefficient (Wildman–Crippen LogP) is 2.97. The summed E-state index contributed by atoms with van der Waals surface area (Å²) >= 11 is 1.66. The van der Waals surface area contributed by atoms with Crippen molar-refractivity contribution in [3.05, 3.63) is 48.0 Å². The normalized spacial score (nSPS) is 21.4. The number of carbonyl (C=O) groups excluding carboxylic acids is 3. The molecule has 7 nitrogen and oxygen atoms in total. The highest BCUT2D eigenvalue weighted by molar-refractivity contribution is 7.98. The molecule has 0 radical (unpaired) electrons. The van der Waals surface area contributed by atoms with Gasteiger partial charge in [0.15, 0.2) is 0 Å². The van der Waals surface area contributed by atoms with Crippen molar-refractivity contribution >= 4 is 29.5 Å². The number of benzene rings is 1. The van der Waals surface area contributed by atoms with Crippen LogP contribution in [0.25, 0.3) is 0 Å². The van der Waals surface area contributed by atoms with E-state index in [1.165, 1.54) is 5.56 Å². The van der Waals surface area contributed by atoms with Gasteiger partial charge in [0.1, 0.15) is 6.61 Å². The highest BCUT2D eigenvalue weighted by Crippen LogP contribution is 2.16. The highest BCUT2D eigenvalue weighted by atomic mass is 32.2. The van der Waals surface area contributed by atoms with Crippen LogP contribution in [0.3, 0.4) is 0 Å². The molecule has 8 heteroatoms. The van der Waals surface area contributed by atoms with Crippen LogP contribution < -0.4 is 10.6 Å². The summed E-state index contributed by atoms with van der Waals surface area (Å²) < 4.78 is 5.44. The van der Waals surface area contributed by atoms with E-state index in [1.54, 1.807) is 18.7 Å². The highest BCUT2D eigenvalue weighted by Gasteiger charge is 2.25. The molecule has 0 saturated carbocycles. The third kappa shape index (κ3) is 11.4. The second kappa shape index (κ2) is 15.5. The molecule has 0 spiro atoms. The number of carbonyl (C=O) groups is 3. The average Bonchev–Trinajstić information content (AvgIpc) is 2.80. The Morgan fingerprint density at radius 3 is 2.79 bits per heavy atom. The lowest BCUT2D eigenvalue weighted by molar-refractivity contribution is -0.145. The number of hydrogen-bond acceptors (Lipinski definition) is 6. The first-order valence-electron chi connectivity index (χ1n) is 11.6. The minimum Gasteiger partial charge on any atom is -0.463 e. The molecule has 1 aromatic rings. The molecule has 0 unspecified atom stereocenters. The molecule has 0 bridgehead atoms. The van der Waals surface area contributed by atoms with Crippen LogP contribution in [0.2, 0.25) is 0 Å². The van der Waals surface area contributed by atoms with E-state index < -0.39 is 5.92 Å². The smallest absolute Gasteiger partial charge is 0.305 e. The fraction of sp³-hybridized carbons (Fsp3) is 0.560. The molecule has 2 rings (SSSR count). The molecular weight excluding hydrogens is 440 g/mol. The van der Waals surface area contributed by atoms with E-state index >= 15 is 0 Å². The van der Waals surface area contributed by atoms with Crippen molar-refractivity contribution in [2.24, 2.45) is 5.92 Å². The summed E-state index contributed by atoms with van der Waals surface area (Å²) in [5.74, 6) is 0.0844. The number of rotatable bonds is 8. The molecule has 0 fully saturated rings. The van der Waals surface area contributed by atoms with Crippen molar-refractivity contribution in [2.75, 3.05) is 19.0 Å². The van der Waals surface area contributed by atoms with Gasteiger partial charge in [0.05, 0.1) is 18.6 Å². The fourth-order valence-electron chi connectivity index (χ4n) is 3.41. The SMILES string of the molecule is C[C@H](CO)NC(=O)C[C@H]1CC=CCCCCC(=O)OC[C@H](CSCc2ccccc2)NC1=O. The van der Waals surface area contributed by atoms with E-state index in [0.29, 0.717) is 18.6 Å². The van der Waals surface area contributed by atoms with E-state index in [4.69, 9.17) is 4.74 Å². The summed E-state index contributed by atoms with van der Waals surface area (Å²) in [6.45, 7) is 1.66. The van der Waals surface area contributed by atoms with Gasteiger partial charge in [-0.15, -0.1) is 0 Å². The van der Waals surface area contributed by atoms with E-state index in [2.05, 4.69) is 10.6 Å². The van der Waals surface area contributed by atoms with E-state index in [1.807, 2.05) is 42.5 Å². The maximum atomic E-state index is 13.1. The molecule has 1 aliphatic rings. The number of thioether (sulfide) groups is 1. The first-order chi connectivity index (χ1) is 16.0. The maximum absolute atomic E-state index is 13.1. The van der Waals surface area contributed by atoms with Crippen LogP contribution in [0.1, 0.15) is 51.0 Å². The molecule has 0 aromatic heterocycles. The van der Waals surface area contributed by atoms with Gasteiger partial charge in [-0.2, -0.15) is 11.8 Å². The van der Waals surface area contributed by atoms with Gasteiger partial charge in [0.25, 0.3) is 0 Å². The van der Waals surface area contributed by atoms with Gasteiger partial charge in [0.2, 0.25) is 11.8 Å². The van der Waals surface area contributed by atoms with E-state index in [0.717, 1.165) is 25.0 Å². The Balaban J connectivity index is 2.04. The summed E-state index contributed by atoms with van der Waals surface area (Å²) in [5, 5.41) is 14.9. The van der Waals surface area contributed by atoms with Gasteiger partial charge in [-0.05, 0) is 38.2 Å². The number of esters is 1. The fourth-order valence-corrected chi connectivity index (χ4v) is 4.42. The monoisotopic (exact) mass is 476 g/mol. The largest absolute Gasteiger partial charge is 0.463 e. The first kappa shape index (κ1) is 26.9. The molecule has 33 heavy (non-hydrogen) atoms. The van der Waals surface area contributed by atoms with Crippen molar-refractivity contribution in [2.45, 2.75) is 63.3 Å². The van der Waals surface area contributed by atoms with Crippen molar-refractivity contribution in [3.8, 4) is 0 Å². The Morgan fingerprint density at radius 1 is 1.24 bits per heavy atom. The van der Waals surface area contributed by atoms with Gasteiger partial charge in [-0.25, -0.2) is 0 Å². The van der Waals surface area contributed by atoms with Crippen LogP contribution in [-0.2, 0) is 24.9 Å². The summed E-state index contributed by atoms with van der Waals surface area (Å²) in [5.41, 5.74) is 1.18. The Kier molecular flexibility index (Phi) is 12.7. The summed E-state index contributed by atoms with van der Waals surface area (Å²) in [4.78, 5) is 37.5. The number of hydrogen-bond donors (Lipinski definition) is 3. The van der Waals surface area contributed by atoms with Crippen LogP contribution in [-0.4, -0.2) is 53.9 Å². The standard InChI is InChI=1S/C25H36N2O5S/c1-19(15-28)26-23(29)14-21-12-8-3-2-4-9-13-24(30)32-16-22(27-25(21)31)18-33-17-20-10-6-5-7-11-20/h3,5-8,10-11,19,21-22,28H,2,4,9,12-18H2,1H3,(H,26,29)(H,27,31)/t19-,21-,22-/m1/s1. The van der Waals surface area contributed by atoms with Crippen LogP contribution in [0, 0.1) is 5.92 Å². The summed E-state index contributed by atoms with van der Waals surface area (Å²) in [6, 6.07) is 9.34. The van der Waals surface area contributed by atoms with E-state index in [-0.39, 0.29) is 49.5 Å². The minimum atomic E-state index is -0.535. The van der Waals surface area contributed by atoms with Gasteiger partial charge < -0.3 is 20.5 Å². The average molecular weight is 477 g/mol. The Labute approximate surface area is 200 Å². The molecule has 1 aliphatic heterocycles. The third-order valence-corrected chi connectivity index (χ3v) is 6.47. The lowest BCUT2D eigenvalue weighted by Gasteiger charge is -2.23. The second-order valence-electron chi connectivity index (χ2n) is 8.39. The van der Waals surface area contributed by atoms with Crippen molar-refractivity contribution in [1.82, 2.24) is 10.6 Å². The number of cyclic esters (lactones) is 1. The Morgan fingerprint density at radius 2 is 2.03 bits per heavy atom. The summed E-state index contributed by atoms with van der Waals surface area (Å²) in [7, 11) is 0. The zero-order valence-corrected chi connectivity index (χ0v) is 20.1. The van der Waals surface area contributed by atoms with Gasteiger partial charge in [-0.1, -0.05) is 42.5 Å². The molecule has 3 N–H and O–H groups in total. The lowest BCUT2D eigenvalue weighted by atomic mass is 9.98. The lowest BCUT2D eigenvalue weighted by Crippen LogP contribution is -2.45. The van der Waals surface area contributed by atoms with Crippen LogP contribution in [0.15, 0.2) is 42.5 Å². The van der Waals surface area contributed by atoms with E-state index in [9.17, 15) is 19.5 Å². The maximum Gasteiger partial charge on any atom is 0.305 e. The van der Waals surface area contributed by atoms with Crippen molar-refractivity contribution < 1.29 is 24.2 Å². The number of aliphatic hydroxyl groups is 1. The number of nitrogens with one attached hydrogen (secondary N) is 2. The van der Waals surface area contributed by atoms with Crippen molar-refractivity contribution in [1.29, 1.82) is 0 Å². The molecule has 1 aromatic carbocycles. The molecule has 1 heterocycles. The number of ether oxygens (including phenoxy) is 1. The molecule has 182 valence electrons. The van der Waals surface area contributed by atoms with Crippen LogP contribution >= 0.6 is 11.8 Å². The van der Waals surface area contributed by atoms with Gasteiger partial charge >= 0.3 is 5.97 Å². The molecule has 0 aliphatic carbocycles. The molecule has 0 saturated heterocycles. The van der Waals surface area contributed by atoms with Crippen LogP contribution in [0.5, 0.6) is 0 Å². The zero-order chi connectivity index (χ0) is 23.9. The molecular formula is C25H36N2O5S. The third-order valence-electron chi connectivity index (χ3n) is 5.30. The minimum absolute atomic E-state index is 0.0319. The van der Waals surface area contributed by atoms with Crippen LogP contribution in [0.4, 0.5) is 0 Å². The number of allylic oxidation sites excluding steroid dienone is 2. The predicted molar refractivity (Wildman–Crippen MR) is 131 cm³/mol. The van der Waals surface area contributed by atoms with Gasteiger partial charge in [-0.3, -0.25) is 14.4 Å². The second-order valence-corrected chi connectivity index (χ2v) is 9.42. The zero-order valence-electron chi connectivity index (χ0n) is 19.3. The Hall–Kier alpha value is -2.32. The number of amides is 2. The van der Waals surface area contributed by atoms with Crippen molar-refractivity contribution in [3.63, 3.8) is 0 Å². The molecule has 2 amide bonds. The number of aliphatic hydroxyl groups excluding tert-OH is 1. The topological polar surface area (TPSA) is 105 Å². The Bertz CT molecular complexity index is 771. The quantitative estimate of drug-likeness (QED) is 0.394. The summed E-state index contributed by atoms with van der Waals surface area (Å²) in [6.07, 6.45) is 7.24.